The number of amides is 1. The lowest BCUT2D eigenvalue weighted by atomic mass is 10.0. The third kappa shape index (κ3) is 6.81. The van der Waals surface area contributed by atoms with E-state index in [1.54, 1.807) is 0 Å². The second kappa shape index (κ2) is 12.5. The SMILES string of the molecule is CSCC[C@H](NS(=O)(=O)c1ccc2c(c1)c(=O)n(C)c(=O)n2C)C(=O)NC1CCN(Cc2ccccc2)CC1. The standard InChI is InChI=1S/C27H35N5O5S2/c1-30-24-10-9-21(17-22(24)26(34)31(2)27(30)35)39(36,37)29-23(13-16-38-3)25(33)28-20-11-14-32(15-12-20)18-19-7-5-4-6-8-19/h4-10,17,20,23,29H,11-16,18H2,1-3H3,(H,28,33)/t23-/m0/s1. The highest BCUT2D eigenvalue weighted by molar-refractivity contribution is 7.98. The summed E-state index contributed by atoms with van der Waals surface area (Å²) in [6.07, 6.45) is 3.79. The molecule has 210 valence electrons. The molecule has 3 aromatic rings. The molecule has 4 rings (SSSR count). The Morgan fingerprint density at radius 1 is 1.05 bits per heavy atom. The van der Waals surface area contributed by atoms with Crippen LogP contribution in [0.25, 0.3) is 10.9 Å². The first kappa shape index (κ1) is 29.1. The van der Waals surface area contributed by atoms with Gasteiger partial charge in [-0.2, -0.15) is 16.5 Å². The van der Waals surface area contributed by atoms with Gasteiger partial charge in [0.1, 0.15) is 6.04 Å². The number of nitrogens with zero attached hydrogens (tertiary/aromatic N) is 3. The molecule has 12 heteroatoms. The molecule has 0 saturated carbocycles. The Morgan fingerprint density at radius 3 is 2.41 bits per heavy atom. The molecular weight excluding hydrogens is 538 g/mol. The van der Waals surface area contributed by atoms with E-state index >= 15 is 0 Å². The number of carbonyl (C=O) groups is 1. The summed E-state index contributed by atoms with van der Waals surface area (Å²) in [6, 6.07) is 13.3. The van der Waals surface area contributed by atoms with Gasteiger partial charge in [0.25, 0.3) is 5.56 Å². The Balaban J connectivity index is 1.45. The van der Waals surface area contributed by atoms with Gasteiger partial charge in [0, 0.05) is 39.8 Å². The molecule has 1 fully saturated rings. The van der Waals surface area contributed by atoms with Crippen LogP contribution in [0.2, 0.25) is 0 Å². The van der Waals surface area contributed by atoms with Crippen LogP contribution in [0, 0.1) is 0 Å². The number of piperidine rings is 1. The fourth-order valence-corrected chi connectivity index (χ4v) is 6.58. The Kier molecular flexibility index (Phi) is 9.31. The number of aryl methyl sites for hydroxylation is 1. The summed E-state index contributed by atoms with van der Waals surface area (Å²) in [5.41, 5.74) is 0.499. The van der Waals surface area contributed by atoms with E-state index in [2.05, 4.69) is 27.1 Å². The number of thioether (sulfide) groups is 1. The molecule has 39 heavy (non-hydrogen) atoms. The summed E-state index contributed by atoms with van der Waals surface area (Å²) in [4.78, 5) is 40.3. The van der Waals surface area contributed by atoms with Crippen LogP contribution in [0.15, 0.2) is 63.0 Å². The van der Waals surface area contributed by atoms with E-state index in [1.807, 2.05) is 24.5 Å². The number of hydrogen-bond donors (Lipinski definition) is 2. The van der Waals surface area contributed by atoms with Gasteiger partial charge in [0.2, 0.25) is 15.9 Å². The number of hydrogen-bond acceptors (Lipinski definition) is 7. The Labute approximate surface area is 232 Å². The van der Waals surface area contributed by atoms with E-state index in [-0.39, 0.29) is 22.2 Å². The van der Waals surface area contributed by atoms with E-state index in [9.17, 15) is 22.8 Å². The molecule has 0 bridgehead atoms. The van der Waals surface area contributed by atoms with E-state index in [4.69, 9.17) is 0 Å². The van der Waals surface area contributed by atoms with Gasteiger partial charge in [0.05, 0.1) is 15.8 Å². The zero-order valence-corrected chi connectivity index (χ0v) is 24.1. The zero-order valence-electron chi connectivity index (χ0n) is 22.4. The first-order valence-corrected chi connectivity index (χ1v) is 15.8. The quantitative estimate of drug-likeness (QED) is 0.376. The topological polar surface area (TPSA) is 123 Å². The largest absolute Gasteiger partial charge is 0.352 e. The minimum atomic E-state index is -4.13. The van der Waals surface area contributed by atoms with Gasteiger partial charge in [-0.3, -0.25) is 23.6 Å². The summed E-state index contributed by atoms with van der Waals surface area (Å²) in [5, 5.41) is 3.16. The average Bonchev–Trinajstić information content (AvgIpc) is 2.94. The van der Waals surface area contributed by atoms with Crippen molar-refractivity contribution < 1.29 is 13.2 Å². The van der Waals surface area contributed by atoms with Gasteiger partial charge in [0.15, 0.2) is 0 Å². The van der Waals surface area contributed by atoms with Gasteiger partial charge in [-0.1, -0.05) is 30.3 Å². The third-order valence-electron chi connectivity index (χ3n) is 7.16. The molecule has 2 N–H and O–H groups in total. The minimum Gasteiger partial charge on any atom is -0.352 e. The first-order valence-electron chi connectivity index (χ1n) is 12.9. The van der Waals surface area contributed by atoms with Gasteiger partial charge >= 0.3 is 5.69 Å². The molecule has 1 aromatic heterocycles. The second-order valence-corrected chi connectivity index (χ2v) is 12.6. The van der Waals surface area contributed by atoms with Crippen molar-refractivity contribution in [1.82, 2.24) is 24.1 Å². The number of carbonyl (C=O) groups excluding carboxylic acids is 1. The fraction of sp³-hybridized carbons (Fsp3) is 0.444. The van der Waals surface area contributed by atoms with Crippen molar-refractivity contribution >= 4 is 38.6 Å². The van der Waals surface area contributed by atoms with Gasteiger partial charge in [-0.25, -0.2) is 13.2 Å². The van der Waals surface area contributed by atoms with Crippen LogP contribution in [0.5, 0.6) is 0 Å². The van der Waals surface area contributed by atoms with Crippen molar-refractivity contribution in [2.45, 2.75) is 42.8 Å². The average molecular weight is 574 g/mol. The predicted octanol–water partition coefficient (Wildman–Crippen LogP) is 1.42. The van der Waals surface area contributed by atoms with Crippen LogP contribution >= 0.6 is 11.8 Å². The molecule has 1 atom stereocenters. The summed E-state index contributed by atoms with van der Waals surface area (Å²) < 4.78 is 31.4. The molecular formula is C27H35N5O5S2. The van der Waals surface area contributed by atoms with Crippen LogP contribution in [0.3, 0.4) is 0 Å². The van der Waals surface area contributed by atoms with Crippen molar-refractivity contribution in [2.24, 2.45) is 14.1 Å². The lowest BCUT2D eigenvalue weighted by molar-refractivity contribution is -0.123. The van der Waals surface area contributed by atoms with Gasteiger partial charge in [-0.15, -0.1) is 0 Å². The minimum absolute atomic E-state index is 0.0317. The molecule has 0 unspecified atom stereocenters. The number of fused-ring (bicyclic) bond motifs is 1. The van der Waals surface area contributed by atoms with Crippen LogP contribution in [0.4, 0.5) is 0 Å². The monoisotopic (exact) mass is 573 g/mol. The number of rotatable bonds is 10. The molecule has 1 saturated heterocycles. The van der Waals surface area contributed by atoms with E-state index in [0.717, 1.165) is 37.0 Å². The molecule has 0 radical (unpaired) electrons. The Hall–Kier alpha value is -2.93. The fourth-order valence-electron chi connectivity index (χ4n) is 4.86. The first-order chi connectivity index (χ1) is 18.6. The van der Waals surface area contributed by atoms with E-state index in [0.29, 0.717) is 17.7 Å². The highest BCUT2D eigenvalue weighted by atomic mass is 32.2. The molecule has 1 aliphatic heterocycles. The van der Waals surface area contributed by atoms with Crippen molar-refractivity contribution in [3.8, 4) is 0 Å². The number of sulfonamides is 1. The summed E-state index contributed by atoms with van der Waals surface area (Å²) >= 11 is 1.53. The predicted molar refractivity (Wildman–Crippen MR) is 154 cm³/mol. The summed E-state index contributed by atoms with van der Waals surface area (Å²) in [7, 11) is -1.26. The van der Waals surface area contributed by atoms with Gasteiger partial charge < -0.3 is 5.32 Å². The summed E-state index contributed by atoms with van der Waals surface area (Å²) in [6.45, 7) is 2.55. The lowest BCUT2D eigenvalue weighted by Crippen LogP contribution is -2.52. The molecule has 0 spiro atoms. The van der Waals surface area contributed by atoms with Crippen molar-refractivity contribution in [2.75, 3.05) is 25.1 Å². The number of aromatic nitrogens is 2. The lowest BCUT2D eigenvalue weighted by Gasteiger charge is -2.33. The third-order valence-corrected chi connectivity index (χ3v) is 9.27. The van der Waals surface area contributed by atoms with E-state index in [1.165, 1.54) is 54.2 Å². The molecule has 0 aliphatic carbocycles. The number of benzene rings is 2. The van der Waals surface area contributed by atoms with Crippen LogP contribution in [0.1, 0.15) is 24.8 Å². The Morgan fingerprint density at radius 2 is 1.74 bits per heavy atom. The normalized spacial score (nSPS) is 15.9. The maximum Gasteiger partial charge on any atom is 0.330 e. The molecule has 2 aromatic carbocycles. The number of likely N-dealkylation sites (tertiary alicyclic amines) is 1. The van der Waals surface area contributed by atoms with Crippen LogP contribution < -0.4 is 21.3 Å². The molecule has 1 amide bonds. The molecule has 10 nitrogen and oxygen atoms in total. The zero-order chi connectivity index (χ0) is 28.2. The van der Waals surface area contributed by atoms with Crippen molar-refractivity contribution in [1.29, 1.82) is 0 Å². The van der Waals surface area contributed by atoms with Crippen LogP contribution in [-0.4, -0.2) is 65.5 Å². The van der Waals surface area contributed by atoms with Crippen LogP contribution in [-0.2, 0) is 35.5 Å². The Bertz CT molecular complexity index is 1540. The van der Waals surface area contributed by atoms with E-state index < -0.39 is 27.3 Å². The maximum atomic E-state index is 13.3. The van der Waals surface area contributed by atoms with Gasteiger partial charge in [-0.05, 0) is 55.0 Å². The smallest absolute Gasteiger partial charge is 0.330 e. The molecule has 1 aliphatic rings. The van der Waals surface area contributed by atoms with Crippen molar-refractivity contribution in [3.63, 3.8) is 0 Å². The summed E-state index contributed by atoms with van der Waals surface area (Å²) in [5.74, 6) is 0.240. The molecule has 2 heterocycles. The second-order valence-electron chi connectivity index (χ2n) is 9.88. The maximum absolute atomic E-state index is 13.3. The van der Waals surface area contributed by atoms with Crippen molar-refractivity contribution in [3.05, 3.63) is 74.9 Å². The highest BCUT2D eigenvalue weighted by Crippen LogP contribution is 2.18. The highest BCUT2D eigenvalue weighted by Gasteiger charge is 2.29. The number of nitrogens with one attached hydrogen (secondary N) is 2.